The number of aromatic nitrogens is 1. The number of benzene rings is 2. The third-order valence-electron chi connectivity index (χ3n) is 6.49. The highest BCUT2D eigenvalue weighted by atomic mass is 16.5. The summed E-state index contributed by atoms with van der Waals surface area (Å²) in [6.07, 6.45) is 3.70. The third-order valence-corrected chi connectivity index (χ3v) is 6.49. The number of aryl methyl sites for hydroxylation is 1. The summed E-state index contributed by atoms with van der Waals surface area (Å²) in [6.45, 7) is 9.95. The Balaban J connectivity index is 1.98. The van der Waals surface area contributed by atoms with Crippen molar-refractivity contribution in [2.75, 3.05) is 47.5 Å². The number of hydrogen-bond acceptors (Lipinski definition) is 6. The first kappa shape index (κ1) is 28.6. The molecule has 2 amide bonds. The van der Waals surface area contributed by atoms with E-state index in [2.05, 4.69) is 40.9 Å². The number of amides is 2. The molecule has 0 unspecified atom stereocenters. The Bertz CT molecular complexity index is 1270. The molecule has 0 aliphatic carbocycles. The number of fused-ring (bicyclic) bond motifs is 1. The lowest BCUT2D eigenvalue weighted by atomic mass is 10.1. The van der Waals surface area contributed by atoms with Gasteiger partial charge in [-0.15, -0.1) is 0 Å². The summed E-state index contributed by atoms with van der Waals surface area (Å²) >= 11 is 0. The van der Waals surface area contributed by atoms with Gasteiger partial charge in [-0.1, -0.05) is 32.0 Å². The zero-order valence-corrected chi connectivity index (χ0v) is 23.1. The lowest BCUT2D eigenvalue weighted by molar-refractivity contribution is -0.117. The normalized spacial score (nSPS) is 11.5. The van der Waals surface area contributed by atoms with Crippen molar-refractivity contribution in [3.05, 3.63) is 59.4 Å². The summed E-state index contributed by atoms with van der Waals surface area (Å²) in [5.41, 5.74) is 2.29. The van der Waals surface area contributed by atoms with Gasteiger partial charge in [0.05, 0.1) is 21.3 Å². The molecule has 0 atom stereocenters. The average molecular weight is 523 g/mol. The fraction of sp³-hybridized carbons (Fsp3) is 0.379. The van der Waals surface area contributed by atoms with Gasteiger partial charge < -0.3 is 34.3 Å². The van der Waals surface area contributed by atoms with Crippen LogP contribution in [0.5, 0.6) is 17.2 Å². The maximum absolute atomic E-state index is 13.4. The minimum atomic E-state index is -0.478. The van der Waals surface area contributed by atoms with Gasteiger partial charge in [0.1, 0.15) is 5.70 Å². The van der Waals surface area contributed by atoms with Crippen LogP contribution in [0.3, 0.4) is 0 Å². The van der Waals surface area contributed by atoms with Crippen LogP contribution in [-0.4, -0.2) is 68.8 Å². The summed E-state index contributed by atoms with van der Waals surface area (Å²) in [5.74, 6) is 0.221. The molecule has 0 radical (unpaired) electrons. The molecule has 2 aromatic carbocycles. The standard InChI is InChI=1S/C29H38N4O5/c1-7-32(8-2)15-14-30-29(35)23(16-21-19-33(9-3)24-13-11-10-12-22(21)24)31-28(34)20-17-25(36-4)27(38-6)26(18-20)37-5/h10-13,16-19H,7-9,14-15H2,1-6H3,(H,30,35)(H,31,34). The molecular formula is C29H38N4O5. The lowest BCUT2D eigenvalue weighted by Gasteiger charge is -2.18. The van der Waals surface area contributed by atoms with Gasteiger partial charge >= 0.3 is 0 Å². The zero-order valence-electron chi connectivity index (χ0n) is 23.1. The molecule has 3 rings (SSSR count). The summed E-state index contributed by atoms with van der Waals surface area (Å²) in [4.78, 5) is 28.9. The Morgan fingerprint density at radius 1 is 0.974 bits per heavy atom. The monoisotopic (exact) mass is 522 g/mol. The van der Waals surface area contributed by atoms with Crippen molar-refractivity contribution in [1.82, 2.24) is 20.1 Å². The zero-order chi connectivity index (χ0) is 27.7. The van der Waals surface area contributed by atoms with Crippen LogP contribution in [0.4, 0.5) is 0 Å². The summed E-state index contributed by atoms with van der Waals surface area (Å²) in [6, 6.07) is 11.1. The molecule has 1 heterocycles. The van der Waals surface area contributed by atoms with Gasteiger partial charge in [0.2, 0.25) is 5.75 Å². The summed E-state index contributed by atoms with van der Waals surface area (Å²) in [7, 11) is 4.46. The van der Waals surface area contributed by atoms with Crippen LogP contribution in [0.1, 0.15) is 36.7 Å². The van der Waals surface area contributed by atoms with Crippen LogP contribution in [0.15, 0.2) is 48.3 Å². The molecule has 9 nitrogen and oxygen atoms in total. The predicted octanol–water partition coefficient (Wildman–Crippen LogP) is 3.92. The third kappa shape index (κ3) is 6.47. The predicted molar refractivity (Wildman–Crippen MR) is 150 cm³/mol. The molecule has 0 saturated heterocycles. The maximum atomic E-state index is 13.4. The highest BCUT2D eigenvalue weighted by Crippen LogP contribution is 2.38. The first-order chi connectivity index (χ1) is 18.4. The second-order valence-corrected chi connectivity index (χ2v) is 8.60. The molecule has 0 saturated carbocycles. The van der Waals surface area contributed by atoms with Gasteiger partial charge in [-0.2, -0.15) is 0 Å². The lowest BCUT2D eigenvalue weighted by Crippen LogP contribution is -2.39. The molecule has 0 bridgehead atoms. The van der Waals surface area contributed by atoms with E-state index < -0.39 is 5.91 Å². The van der Waals surface area contributed by atoms with E-state index in [0.717, 1.165) is 36.1 Å². The van der Waals surface area contributed by atoms with Crippen LogP contribution < -0.4 is 24.8 Å². The van der Waals surface area contributed by atoms with Crippen LogP contribution in [-0.2, 0) is 11.3 Å². The quantitative estimate of drug-likeness (QED) is 0.331. The fourth-order valence-corrected chi connectivity index (χ4v) is 4.33. The first-order valence-electron chi connectivity index (χ1n) is 12.8. The summed E-state index contributed by atoms with van der Waals surface area (Å²) in [5, 5.41) is 6.76. The number of hydrogen-bond donors (Lipinski definition) is 2. The number of carbonyl (C=O) groups excluding carboxylic acids is 2. The van der Waals surface area contributed by atoms with Crippen molar-refractivity contribution in [2.24, 2.45) is 0 Å². The Labute approximate surface area is 224 Å². The summed E-state index contributed by atoms with van der Waals surface area (Å²) < 4.78 is 18.3. The number of methoxy groups -OCH3 is 3. The molecule has 2 N–H and O–H groups in total. The van der Waals surface area contributed by atoms with Crippen molar-refractivity contribution >= 4 is 28.8 Å². The van der Waals surface area contributed by atoms with Crippen molar-refractivity contribution < 1.29 is 23.8 Å². The second-order valence-electron chi connectivity index (χ2n) is 8.60. The highest BCUT2D eigenvalue weighted by Gasteiger charge is 2.20. The molecular weight excluding hydrogens is 484 g/mol. The Morgan fingerprint density at radius 3 is 2.21 bits per heavy atom. The molecule has 0 spiro atoms. The van der Waals surface area contributed by atoms with Crippen LogP contribution in [0.25, 0.3) is 17.0 Å². The van der Waals surface area contributed by atoms with Crippen LogP contribution >= 0.6 is 0 Å². The molecule has 0 aliphatic rings. The molecule has 204 valence electrons. The SMILES string of the molecule is CCN(CC)CCNC(=O)C(=Cc1cn(CC)c2ccccc12)NC(=O)c1cc(OC)c(OC)c(OC)c1. The van der Waals surface area contributed by atoms with Gasteiger partial charge in [-0.05, 0) is 44.3 Å². The van der Waals surface area contributed by atoms with E-state index >= 15 is 0 Å². The fourth-order valence-electron chi connectivity index (χ4n) is 4.33. The number of nitrogens with zero attached hydrogens (tertiary/aromatic N) is 2. The molecule has 9 heteroatoms. The topological polar surface area (TPSA) is 94.1 Å². The number of rotatable bonds is 13. The maximum Gasteiger partial charge on any atom is 0.267 e. The molecule has 0 fully saturated rings. The smallest absolute Gasteiger partial charge is 0.267 e. The van der Waals surface area contributed by atoms with Crippen molar-refractivity contribution in [3.63, 3.8) is 0 Å². The minimum absolute atomic E-state index is 0.141. The molecule has 3 aromatic rings. The van der Waals surface area contributed by atoms with E-state index in [9.17, 15) is 9.59 Å². The van der Waals surface area contributed by atoms with E-state index in [1.54, 1.807) is 18.2 Å². The largest absolute Gasteiger partial charge is 0.493 e. The van der Waals surface area contributed by atoms with E-state index in [1.807, 2.05) is 30.5 Å². The highest BCUT2D eigenvalue weighted by molar-refractivity contribution is 6.07. The van der Waals surface area contributed by atoms with Crippen molar-refractivity contribution in [3.8, 4) is 17.2 Å². The van der Waals surface area contributed by atoms with Gasteiger partial charge in [-0.25, -0.2) is 0 Å². The Hall–Kier alpha value is -3.98. The number of nitrogens with one attached hydrogen (secondary N) is 2. The van der Waals surface area contributed by atoms with Gasteiger partial charge in [0.15, 0.2) is 11.5 Å². The average Bonchev–Trinajstić information content (AvgIpc) is 3.31. The first-order valence-corrected chi connectivity index (χ1v) is 12.8. The number of ether oxygens (including phenoxy) is 3. The van der Waals surface area contributed by atoms with E-state index in [0.29, 0.717) is 30.3 Å². The minimum Gasteiger partial charge on any atom is -0.493 e. The number of carbonyl (C=O) groups is 2. The second kappa shape index (κ2) is 13.5. The Kier molecular flexibility index (Phi) is 10.2. The van der Waals surface area contributed by atoms with Crippen LogP contribution in [0.2, 0.25) is 0 Å². The van der Waals surface area contributed by atoms with E-state index in [1.165, 1.54) is 21.3 Å². The molecule has 38 heavy (non-hydrogen) atoms. The Morgan fingerprint density at radius 2 is 1.63 bits per heavy atom. The van der Waals surface area contributed by atoms with Gasteiger partial charge in [0.25, 0.3) is 11.8 Å². The molecule has 1 aromatic heterocycles. The van der Waals surface area contributed by atoms with Gasteiger partial charge in [0, 0.05) is 47.9 Å². The number of para-hydroxylation sites is 1. The van der Waals surface area contributed by atoms with Crippen LogP contribution in [0, 0.1) is 0 Å². The number of likely N-dealkylation sites (N-methyl/N-ethyl adjacent to an activating group) is 1. The van der Waals surface area contributed by atoms with Crippen molar-refractivity contribution in [1.29, 1.82) is 0 Å². The van der Waals surface area contributed by atoms with Crippen molar-refractivity contribution in [2.45, 2.75) is 27.3 Å². The van der Waals surface area contributed by atoms with E-state index in [4.69, 9.17) is 14.2 Å². The van der Waals surface area contributed by atoms with E-state index in [-0.39, 0.29) is 17.2 Å². The van der Waals surface area contributed by atoms with Gasteiger partial charge in [-0.3, -0.25) is 9.59 Å². The molecule has 0 aliphatic heterocycles.